The summed E-state index contributed by atoms with van der Waals surface area (Å²) >= 11 is 0. The van der Waals surface area contributed by atoms with Crippen LogP contribution in [-0.4, -0.2) is 4.92 Å². The van der Waals surface area contributed by atoms with E-state index in [1.165, 1.54) is 0 Å². The molecule has 0 bridgehead atoms. The van der Waals surface area contributed by atoms with E-state index in [-0.39, 0.29) is 11.4 Å². The SMILES string of the molecule is Cc1ccc(C)c([N+](=O)[O-])c1N. The van der Waals surface area contributed by atoms with Gasteiger partial charge in [0.05, 0.1) is 4.92 Å². The predicted octanol–water partition coefficient (Wildman–Crippen LogP) is 1.79. The van der Waals surface area contributed by atoms with Crippen molar-refractivity contribution >= 4 is 11.4 Å². The number of benzene rings is 1. The molecule has 64 valence electrons. The summed E-state index contributed by atoms with van der Waals surface area (Å²) in [5.74, 6) is 0. The number of nitrogen functional groups attached to an aromatic ring is 1. The highest BCUT2D eigenvalue weighted by Crippen LogP contribution is 2.28. The number of aryl methyl sites for hydroxylation is 2. The van der Waals surface area contributed by atoms with Gasteiger partial charge in [0.2, 0.25) is 0 Å². The molecule has 0 aliphatic heterocycles. The van der Waals surface area contributed by atoms with Crippen molar-refractivity contribution in [3.05, 3.63) is 33.4 Å². The van der Waals surface area contributed by atoms with E-state index in [0.29, 0.717) is 5.56 Å². The Morgan fingerprint density at radius 1 is 1.33 bits per heavy atom. The number of hydrogen-bond donors (Lipinski definition) is 1. The van der Waals surface area contributed by atoms with Crippen molar-refractivity contribution < 1.29 is 4.92 Å². The summed E-state index contributed by atoms with van der Waals surface area (Å²) < 4.78 is 0. The van der Waals surface area contributed by atoms with Crippen LogP contribution in [-0.2, 0) is 0 Å². The van der Waals surface area contributed by atoms with Crippen LogP contribution in [0.1, 0.15) is 11.1 Å². The van der Waals surface area contributed by atoms with Gasteiger partial charge in [-0.1, -0.05) is 12.1 Å². The molecule has 0 atom stereocenters. The van der Waals surface area contributed by atoms with Gasteiger partial charge in [0.1, 0.15) is 5.69 Å². The fourth-order valence-electron chi connectivity index (χ4n) is 1.06. The van der Waals surface area contributed by atoms with E-state index in [9.17, 15) is 10.1 Å². The lowest BCUT2D eigenvalue weighted by atomic mass is 10.1. The molecule has 12 heavy (non-hydrogen) atoms. The third-order valence-corrected chi connectivity index (χ3v) is 1.82. The molecule has 0 saturated carbocycles. The minimum Gasteiger partial charge on any atom is -0.393 e. The summed E-state index contributed by atoms with van der Waals surface area (Å²) in [5, 5.41) is 10.5. The van der Waals surface area contributed by atoms with Crippen LogP contribution in [0.15, 0.2) is 12.1 Å². The van der Waals surface area contributed by atoms with Gasteiger partial charge in [0.15, 0.2) is 0 Å². The van der Waals surface area contributed by atoms with E-state index >= 15 is 0 Å². The van der Waals surface area contributed by atoms with E-state index in [4.69, 9.17) is 5.73 Å². The topological polar surface area (TPSA) is 69.2 Å². The Hall–Kier alpha value is -1.58. The van der Waals surface area contributed by atoms with Crippen LogP contribution in [0, 0.1) is 24.0 Å². The summed E-state index contributed by atoms with van der Waals surface area (Å²) in [6, 6.07) is 3.47. The first kappa shape index (κ1) is 8.52. The Morgan fingerprint density at radius 2 is 1.83 bits per heavy atom. The second kappa shape index (κ2) is 2.81. The van der Waals surface area contributed by atoms with Gasteiger partial charge in [-0.2, -0.15) is 0 Å². The highest BCUT2D eigenvalue weighted by Gasteiger charge is 2.15. The van der Waals surface area contributed by atoms with E-state index in [1.54, 1.807) is 26.0 Å². The number of nitro groups is 1. The molecule has 1 aromatic carbocycles. The summed E-state index contributed by atoms with van der Waals surface area (Å²) in [7, 11) is 0. The highest BCUT2D eigenvalue weighted by molar-refractivity contribution is 5.66. The number of nitro benzene ring substituents is 1. The molecule has 0 aromatic heterocycles. The molecule has 0 spiro atoms. The predicted molar refractivity (Wildman–Crippen MR) is 47.0 cm³/mol. The minimum atomic E-state index is -0.447. The van der Waals surface area contributed by atoms with Crippen molar-refractivity contribution in [1.29, 1.82) is 0 Å². The van der Waals surface area contributed by atoms with Crippen LogP contribution in [0.25, 0.3) is 0 Å². The number of nitrogens with two attached hydrogens (primary N) is 1. The van der Waals surface area contributed by atoms with Crippen LogP contribution in [0.5, 0.6) is 0 Å². The minimum absolute atomic E-state index is 0.0231. The molecule has 0 heterocycles. The van der Waals surface area contributed by atoms with E-state index in [1.807, 2.05) is 0 Å². The largest absolute Gasteiger partial charge is 0.393 e. The average Bonchev–Trinajstić information content (AvgIpc) is 1.97. The van der Waals surface area contributed by atoms with Gasteiger partial charge >= 0.3 is 0 Å². The second-order valence-electron chi connectivity index (χ2n) is 2.72. The summed E-state index contributed by atoms with van der Waals surface area (Å²) in [6.07, 6.45) is 0. The molecular weight excluding hydrogens is 156 g/mol. The van der Waals surface area contributed by atoms with Crippen molar-refractivity contribution in [1.82, 2.24) is 0 Å². The van der Waals surface area contributed by atoms with Gasteiger partial charge in [-0.25, -0.2) is 0 Å². The molecule has 1 rings (SSSR count). The third-order valence-electron chi connectivity index (χ3n) is 1.82. The number of rotatable bonds is 1. The molecule has 0 radical (unpaired) electrons. The lowest BCUT2D eigenvalue weighted by Crippen LogP contribution is -1.99. The van der Waals surface area contributed by atoms with Gasteiger partial charge in [0, 0.05) is 5.56 Å². The van der Waals surface area contributed by atoms with Crippen molar-refractivity contribution in [3.8, 4) is 0 Å². The Labute approximate surface area is 70.2 Å². The van der Waals surface area contributed by atoms with Gasteiger partial charge < -0.3 is 5.73 Å². The Morgan fingerprint density at radius 3 is 2.25 bits per heavy atom. The normalized spacial score (nSPS) is 9.83. The van der Waals surface area contributed by atoms with Crippen molar-refractivity contribution in [2.45, 2.75) is 13.8 Å². The zero-order valence-corrected chi connectivity index (χ0v) is 7.00. The van der Waals surface area contributed by atoms with Crippen molar-refractivity contribution in [2.75, 3.05) is 5.73 Å². The van der Waals surface area contributed by atoms with E-state index < -0.39 is 4.92 Å². The quantitative estimate of drug-likeness (QED) is 0.393. The maximum Gasteiger partial charge on any atom is 0.295 e. The molecule has 0 fully saturated rings. The fraction of sp³-hybridized carbons (Fsp3) is 0.250. The number of nitrogens with zero attached hydrogens (tertiary/aromatic N) is 1. The van der Waals surface area contributed by atoms with Crippen molar-refractivity contribution in [3.63, 3.8) is 0 Å². The molecule has 4 nitrogen and oxygen atoms in total. The molecule has 0 amide bonds. The maximum atomic E-state index is 10.5. The molecule has 0 aliphatic rings. The molecular formula is C8H10N2O2. The zero-order chi connectivity index (χ0) is 9.30. The van der Waals surface area contributed by atoms with Gasteiger partial charge in [-0.15, -0.1) is 0 Å². The lowest BCUT2D eigenvalue weighted by molar-refractivity contribution is -0.384. The highest BCUT2D eigenvalue weighted by atomic mass is 16.6. The summed E-state index contributed by atoms with van der Waals surface area (Å²) in [4.78, 5) is 10.1. The molecule has 4 heteroatoms. The zero-order valence-electron chi connectivity index (χ0n) is 7.00. The average molecular weight is 166 g/mol. The lowest BCUT2D eigenvalue weighted by Gasteiger charge is -2.02. The van der Waals surface area contributed by atoms with Crippen LogP contribution >= 0.6 is 0 Å². The fourth-order valence-corrected chi connectivity index (χ4v) is 1.06. The molecule has 1 aromatic rings. The first-order chi connectivity index (χ1) is 5.54. The maximum absolute atomic E-state index is 10.5. The number of anilines is 1. The van der Waals surface area contributed by atoms with Crippen molar-refractivity contribution in [2.24, 2.45) is 0 Å². The van der Waals surface area contributed by atoms with E-state index in [2.05, 4.69) is 0 Å². The van der Waals surface area contributed by atoms with Crippen LogP contribution in [0.4, 0.5) is 11.4 Å². The first-order valence-corrected chi connectivity index (χ1v) is 3.54. The molecule has 0 aliphatic carbocycles. The molecule has 2 N–H and O–H groups in total. The summed E-state index contributed by atoms with van der Waals surface area (Å²) in [6.45, 7) is 3.43. The van der Waals surface area contributed by atoms with Crippen LogP contribution < -0.4 is 5.73 Å². The van der Waals surface area contributed by atoms with Gasteiger partial charge in [-0.05, 0) is 19.4 Å². The second-order valence-corrected chi connectivity index (χ2v) is 2.72. The first-order valence-electron chi connectivity index (χ1n) is 3.54. The Kier molecular flexibility index (Phi) is 1.99. The number of hydrogen-bond acceptors (Lipinski definition) is 3. The third kappa shape index (κ3) is 1.23. The molecule has 0 saturated heterocycles. The Balaban J connectivity index is 3.43. The monoisotopic (exact) mass is 166 g/mol. The van der Waals surface area contributed by atoms with Gasteiger partial charge in [-0.3, -0.25) is 10.1 Å². The van der Waals surface area contributed by atoms with Crippen LogP contribution in [0.3, 0.4) is 0 Å². The van der Waals surface area contributed by atoms with Gasteiger partial charge in [0.25, 0.3) is 5.69 Å². The smallest absolute Gasteiger partial charge is 0.295 e. The van der Waals surface area contributed by atoms with Crippen LogP contribution in [0.2, 0.25) is 0 Å². The molecule has 0 unspecified atom stereocenters. The standard InChI is InChI=1S/C8H10N2O2/c1-5-3-4-6(2)8(7(5)9)10(11)12/h3-4H,9H2,1-2H3. The van der Waals surface area contributed by atoms with E-state index in [0.717, 1.165) is 5.56 Å². The summed E-state index contributed by atoms with van der Waals surface area (Å²) in [5.41, 5.74) is 7.17. The Bertz CT molecular complexity index is 334.